The molecule has 0 bridgehead atoms. The molecule has 0 unspecified atom stereocenters. The van der Waals surface area contributed by atoms with Crippen molar-refractivity contribution in [3.63, 3.8) is 0 Å². The molecule has 2 aromatic carbocycles. The maximum absolute atomic E-state index is 11.3. The van der Waals surface area contributed by atoms with Crippen LogP contribution >= 0.6 is 23.2 Å². The van der Waals surface area contributed by atoms with E-state index in [0.29, 0.717) is 16.5 Å². The van der Waals surface area contributed by atoms with E-state index < -0.39 is 5.60 Å². The highest BCUT2D eigenvalue weighted by molar-refractivity contribution is 6.42. The summed E-state index contributed by atoms with van der Waals surface area (Å²) < 4.78 is 0. The van der Waals surface area contributed by atoms with Gasteiger partial charge >= 0.3 is 0 Å². The van der Waals surface area contributed by atoms with Crippen molar-refractivity contribution in [2.24, 2.45) is 0 Å². The van der Waals surface area contributed by atoms with Crippen LogP contribution in [0.1, 0.15) is 35.6 Å². The lowest BCUT2D eigenvalue weighted by atomic mass is 9.73. The highest BCUT2D eigenvalue weighted by Gasteiger charge is 2.39. The minimum Gasteiger partial charge on any atom is -0.380 e. The van der Waals surface area contributed by atoms with Crippen LogP contribution < -0.4 is 5.32 Å². The molecule has 0 spiro atoms. The fraction of sp³-hybridized carbons (Fsp3) is 0.294. The van der Waals surface area contributed by atoms with Crippen LogP contribution in [0, 0.1) is 0 Å². The summed E-state index contributed by atoms with van der Waals surface area (Å²) in [7, 11) is 1.95. The maximum Gasteiger partial charge on any atom is 0.115 e. The first kappa shape index (κ1) is 14.9. The van der Waals surface area contributed by atoms with Gasteiger partial charge in [-0.15, -0.1) is 0 Å². The largest absolute Gasteiger partial charge is 0.380 e. The molecular formula is C17H17Cl2NO. The van der Waals surface area contributed by atoms with Gasteiger partial charge < -0.3 is 10.4 Å². The second-order valence-electron chi connectivity index (χ2n) is 5.46. The molecule has 0 radical (unpaired) electrons. The number of hydrogen-bond donors (Lipinski definition) is 2. The molecule has 0 heterocycles. The third kappa shape index (κ3) is 2.47. The minimum atomic E-state index is -1.02. The smallest absolute Gasteiger partial charge is 0.115 e. The molecule has 0 saturated heterocycles. The number of rotatable bonds is 2. The first-order valence-corrected chi connectivity index (χ1v) is 7.76. The number of benzene rings is 2. The molecule has 0 saturated carbocycles. The lowest BCUT2D eigenvalue weighted by molar-refractivity contribution is 0.0554. The molecule has 0 amide bonds. The Morgan fingerprint density at radius 3 is 2.62 bits per heavy atom. The first-order chi connectivity index (χ1) is 10.1. The Kier molecular flexibility index (Phi) is 3.98. The Morgan fingerprint density at radius 1 is 1.14 bits per heavy atom. The zero-order chi connectivity index (χ0) is 15.0. The number of fused-ring (bicyclic) bond motifs is 1. The summed E-state index contributed by atoms with van der Waals surface area (Å²) in [5, 5.41) is 15.6. The molecule has 4 heteroatoms. The molecule has 1 aliphatic rings. The van der Waals surface area contributed by atoms with Crippen molar-refractivity contribution in [3.05, 3.63) is 69.2 Å². The Hall–Kier alpha value is -1.06. The highest BCUT2D eigenvalue weighted by atomic mass is 35.5. The van der Waals surface area contributed by atoms with Crippen LogP contribution in [0.5, 0.6) is 0 Å². The van der Waals surface area contributed by atoms with Gasteiger partial charge in [-0.25, -0.2) is 0 Å². The third-order valence-electron chi connectivity index (χ3n) is 4.32. The van der Waals surface area contributed by atoms with Crippen LogP contribution in [0.4, 0.5) is 0 Å². The van der Waals surface area contributed by atoms with Crippen molar-refractivity contribution in [3.8, 4) is 0 Å². The van der Waals surface area contributed by atoms with Gasteiger partial charge in [-0.05, 0) is 48.7 Å². The van der Waals surface area contributed by atoms with E-state index >= 15 is 0 Å². The van der Waals surface area contributed by atoms with E-state index in [0.717, 1.165) is 23.1 Å². The van der Waals surface area contributed by atoms with Crippen LogP contribution in [-0.4, -0.2) is 12.2 Å². The third-order valence-corrected chi connectivity index (χ3v) is 5.06. The van der Waals surface area contributed by atoms with Crippen molar-refractivity contribution in [1.29, 1.82) is 0 Å². The fourth-order valence-corrected chi connectivity index (χ4v) is 3.47. The summed E-state index contributed by atoms with van der Waals surface area (Å²) in [6.07, 6.45) is 1.51. The van der Waals surface area contributed by atoms with E-state index in [9.17, 15) is 5.11 Å². The Bertz CT molecular complexity index is 674. The van der Waals surface area contributed by atoms with Crippen LogP contribution in [0.2, 0.25) is 10.0 Å². The van der Waals surface area contributed by atoms with Crippen molar-refractivity contribution in [2.45, 2.75) is 24.5 Å². The zero-order valence-electron chi connectivity index (χ0n) is 11.7. The van der Waals surface area contributed by atoms with Gasteiger partial charge in [0, 0.05) is 6.04 Å². The Balaban J connectivity index is 2.15. The second kappa shape index (κ2) is 5.62. The Morgan fingerprint density at radius 2 is 1.90 bits per heavy atom. The van der Waals surface area contributed by atoms with Crippen molar-refractivity contribution < 1.29 is 5.11 Å². The highest BCUT2D eigenvalue weighted by Crippen LogP contribution is 2.45. The molecule has 0 aromatic heterocycles. The van der Waals surface area contributed by atoms with Gasteiger partial charge in [-0.2, -0.15) is 0 Å². The van der Waals surface area contributed by atoms with E-state index in [1.807, 2.05) is 31.3 Å². The van der Waals surface area contributed by atoms with Crippen LogP contribution in [0.15, 0.2) is 42.5 Å². The molecular weight excluding hydrogens is 305 g/mol. The van der Waals surface area contributed by atoms with Crippen molar-refractivity contribution in [2.75, 3.05) is 7.05 Å². The number of nitrogens with one attached hydrogen (secondary N) is 1. The number of halogens is 2. The predicted molar refractivity (Wildman–Crippen MR) is 86.9 cm³/mol. The lowest BCUT2D eigenvalue weighted by Gasteiger charge is -2.38. The Labute approximate surface area is 134 Å². The quantitative estimate of drug-likeness (QED) is 0.865. The molecule has 2 atom stereocenters. The van der Waals surface area contributed by atoms with Gasteiger partial charge in [0.15, 0.2) is 0 Å². The minimum absolute atomic E-state index is 0.268. The SMILES string of the molecule is CN[C@H]1CC[C@@](O)(c2ccc(Cl)c(Cl)c2)c2ccccc21. The first-order valence-electron chi connectivity index (χ1n) is 7.01. The molecule has 0 aliphatic heterocycles. The lowest BCUT2D eigenvalue weighted by Crippen LogP contribution is -2.36. The fourth-order valence-electron chi connectivity index (χ4n) is 3.17. The molecule has 110 valence electrons. The normalized spacial score (nSPS) is 24.7. The van der Waals surface area contributed by atoms with E-state index in [4.69, 9.17) is 23.2 Å². The summed E-state index contributed by atoms with van der Waals surface area (Å²) in [5.74, 6) is 0. The van der Waals surface area contributed by atoms with Gasteiger partial charge in [-0.3, -0.25) is 0 Å². The van der Waals surface area contributed by atoms with Crippen LogP contribution in [0.3, 0.4) is 0 Å². The predicted octanol–water partition coefficient (Wildman–Crippen LogP) is 4.28. The maximum atomic E-state index is 11.3. The van der Waals surface area contributed by atoms with E-state index in [-0.39, 0.29) is 6.04 Å². The molecule has 2 N–H and O–H groups in total. The molecule has 2 aromatic rings. The van der Waals surface area contributed by atoms with Gasteiger partial charge in [0.25, 0.3) is 0 Å². The topological polar surface area (TPSA) is 32.3 Å². The van der Waals surface area contributed by atoms with Gasteiger partial charge in [-0.1, -0.05) is 53.5 Å². The van der Waals surface area contributed by atoms with Crippen molar-refractivity contribution in [1.82, 2.24) is 5.32 Å². The van der Waals surface area contributed by atoms with Gasteiger partial charge in [0.1, 0.15) is 5.60 Å². The second-order valence-corrected chi connectivity index (χ2v) is 6.27. The summed E-state index contributed by atoms with van der Waals surface area (Å²) in [4.78, 5) is 0. The summed E-state index contributed by atoms with van der Waals surface area (Å²) >= 11 is 12.1. The monoisotopic (exact) mass is 321 g/mol. The zero-order valence-corrected chi connectivity index (χ0v) is 13.2. The van der Waals surface area contributed by atoms with Gasteiger partial charge in [0.05, 0.1) is 10.0 Å². The average molecular weight is 322 g/mol. The molecule has 2 nitrogen and oxygen atoms in total. The van der Waals surface area contributed by atoms with Crippen LogP contribution in [-0.2, 0) is 5.60 Å². The molecule has 3 rings (SSSR count). The summed E-state index contributed by atoms with van der Waals surface area (Å²) in [6.45, 7) is 0. The van der Waals surface area contributed by atoms with E-state index in [1.165, 1.54) is 0 Å². The van der Waals surface area contributed by atoms with Gasteiger partial charge in [0.2, 0.25) is 0 Å². The molecule has 1 aliphatic carbocycles. The van der Waals surface area contributed by atoms with Crippen molar-refractivity contribution >= 4 is 23.2 Å². The summed E-state index contributed by atoms with van der Waals surface area (Å²) in [6, 6.07) is 13.6. The molecule has 0 fully saturated rings. The average Bonchev–Trinajstić information content (AvgIpc) is 2.51. The standard InChI is InChI=1S/C17H17Cl2NO/c1-20-16-8-9-17(21,13-5-3-2-4-12(13)16)11-6-7-14(18)15(19)10-11/h2-7,10,16,20-21H,8-9H2,1H3/t16-,17+/m0/s1. The van der Waals surface area contributed by atoms with E-state index in [1.54, 1.807) is 12.1 Å². The number of hydrogen-bond acceptors (Lipinski definition) is 2. The molecule has 21 heavy (non-hydrogen) atoms. The number of aliphatic hydroxyl groups is 1. The van der Waals surface area contributed by atoms with Crippen LogP contribution in [0.25, 0.3) is 0 Å². The van der Waals surface area contributed by atoms with E-state index in [2.05, 4.69) is 11.4 Å². The summed E-state index contributed by atoms with van der Waals surface area (Å²) in [5.41, 5.74) is 1.85.